The number of thioether (sulfide) groups is 1. The Morgan fingerprint density at radius 3 is 2.39 bits per heavy atom. The minimum atomic E-state index is -0.515. The monoisotopic (exact) mass is 261 g/mol. The number of nitriles is 1. The van der Waals surface area contributed by atoms with E-state index in [-0.39, 0.29) is 0 Å². The van der Waals surface area contributed by atoms with Crippen LogP contribution in [0.5, 0.6) is 0 Å². The van der Waals surface area contributed by atoms with Crippen molar-refractivity contribution in [3.05, 3.63) is 29.8 Å². The van der Waals surface area contributed by atoms with Gasteiger partial charge in [-0.25, -0.2) is 0 Å². The molecule has 0 bridgehead atoms. The second-order valence-electron chi connectivity index (χ2n) is 4.65. The zero-order chi connectivity index (χ0) is 13.0. The molecule has 0 spiro atoms. The summed E-state index contributed by atoms with van der Waals surface area (Å²) in [6.45, 7) is 5.79. The zero-order valence-electron chi connectivity index (χ0n) is 10.9. The predicted molar refractivity (Wildman–Crippen MR) is 75.6 cm³/mol. The minimum absolute atomic E-state index is 0.515. The Morgan fingerprint density at radius 1 is 1.28 bits per heavy atom. The summed E-state index contributed by atoms with van der Waals surface area (Å²) >= 11 is 1.72. The molecule has 1 atom stereocenters. The van der Waals surface area contributed by atoms with Crippen molar-refractivity contribution < 1.29 is 0 Å². The zero-order valence-corrected chi connectivity index (χ0v) is 11.8. The summed E-state index contributed by atoms with van der Waals surface area (Å²) in [4.78, 5) is 3.50. The van der Waals surface area contributed by atoms with Crippen LogP contribution in [-0.2, 0) is 5.54 Å². The van der Waals surface area contributed by atoms with Gasteiger partial charge in [0.1, 0.15) is 5.54 Å². The van der Waals surface area contributed by atoms with E-state index >= 15 is 0 Å². The molecule has 0 aliphatic carbocycles. The van der Waals surface area contributed by atoms with Crippen molar-refractivity contribution in [1.82, 2.24) is 10.2 Å². The van der Waals surface area contributed by atoms with Crippen LogP contribution in [0.15, 0.2) is 29.2 Å². The molecule has 1 heterocycles. The van der Waals surface area contributed by atoms with E-state index in [9.17, 15) is 5.26 Å². The van der Waals surface area contributed by atoms with E-state index in [1.807, 2.05) is 6.92 Å². The van der Waals surface area contributed by atoms with E-state index in [4.69, 9.17) is 0 Å². The summed E-state index contributed by atoms with van der Waals surface area (Å²) in [5.74, 6) is 0. The molecule has 18 heavy (non-hydrogen) atoms. The van der Waals surface area contributed by atoms with Crippen LogP contribution in [0.1, 0.15) is 12.5 Å². The van der Waals surface area contributed by atoms with Gasteiger partial charge in [-0.3, -0.25) is 4.90 Å². The number of hydrogen-bond acceptors (Lipinski definition) is 4. The van der Waals surface area contributed by atoms with Crippen molar-refractivity contribution in [2.45, 2.75) is 17.4 Å². The molecule has 1 aliphatic rings. The fourth-order valence-electron chi connectivity index (χ4n) is 2.35. The van der Waals surface area contributed by atoms with Gasteiger partial charge in [-0.05, 0) is 30.9 Å². The molecule has 1 saturated heterocycles. The Balaban J connectivity index is 2.27. The van der Waals surface area contributed by atoms with Gasteiger partial charge in [0, 0.05) is 31.1 Å². The van der Waals surface area contributed by atoms with Crippen LogP contribution in [-0.4, -0.2) is 37.3 Å². The first kappa shape index (κ1) is 13.4. The molecule has 96 valence electrons. The lowest BCUT2D eigenvalue weighted by atomic mass is 9.91. The van der Waals surface area contributed by atoms with Gasteiger partial charge in [-0.1, -0.05) is 12.1 Å². The van der Waals surface area contributed by atoms with Crippen LogP contribution in [0, 0.1) is 11.3 Å². The first-order valence-corrected chi connectivity index (χ1v) is 7.45. The van der Waals surface area contributed by atoms with Crippen LogP contribution in [0.3, 0.4) is 0 Å². The summed E-state index contributed by atoms with van der Waals surface area (Å²) in [5, 5.41) is 12.9. The summed E-state index contributed by atoms with van der Waals surface area (Å²) < 4.78 is 0. The maximum atomic E-state index is 9.60. The summed E-state index contributed by atoms with van der Waals surface area (Å²) in [5.41, 5.74) is 0.573. The smallest absolute Gasteiger partial charge is 0.132 e. The quantitative estimate of drug-likeness (QED) is 0.845. The second kappa shape index (κ2) is 5.75. The molecule has 0 saturated carbocycles. The molecule has 4 heteroatoms. The van der Waals surface area contributed by atoms with Crippen molar-refractivity contribution >= 4 is 11.8 Å². The van der Waals surface area contributed by atoms with Crippen LogP contribution in [0.2, 0.25) is 0 Å². The van der Waals surface area contributed by atoms with Gasteiger partial charge in [0.25, 0.3) is 0 Å². The molecular formula is C14H19N3S. The number of hydrogen-bond donors (Lipinski definition) is 1. The molecule has 2 rings (SSSR count). The highest BCUT2D eigenvalue weighted by Gasteiger charge is 2.34. The molecule has 3 nitrogen and oxygen atoms in total. The Morgan fingerprint density at radius 2 is 1.89 bits per heavy atom. The third kappa shape index (κ3) is 2.54. The van der Waals surface area contributed by atoms with E-state index < -0.39 is 5.54 Å². The summed E-state index contributed by atoms with van der Waals surface area (Å²) in [6.07, 6.45) is 2.06. The maximum absolute atomic E-state index is 9.60. The van der Waals surface area contributed by atoms with E-state index in [0.29, 0.717) is 0 Å². The lowest BCUT2D eigenvalue weighted by molar-refractivity contribution is 0.132. The molecule has 1 aliphatic heterocycles. The van der Waals surface area contributed by atoms with Crippen LogP contribution in [0.25, 0.3) is 0 Å². The van der Waals surface area contributed by atoms with Crippen molar-refractivity contribution in [2.24, 2.45) is 0 Å². The number of benzene rings is 1. The highest BCUT2D eigenvalue weighted by molar-refractivity contribution is 7.98. The van der Waals surface area contributed by atoms with E-state index in [1.165, 1.54) is 4.90 Å². The third-order valence-corrected chi connectivity index (χ3v) is 4.36. The topological polar surface area (TPSA) is 39.1 Å². The molecule has 0 aromatic heterocycles. The van der Waals surface area contributed by atoms with Crippen molar-refractivity contribution in [2.75, 3.05) is 32.4 Å². The first-order chi connectivity index (χ1) is 8.70. The molecule has 1 aromatic rings. The van der Waals surface area contributed by atoms with Crippen molar-refractivity contribution in [3.8, 4) is 6.07 Å². The van der Waals surface area contributed by atoms with Gasteiger partial charge in [0.15, 0.2) is 0 Å². The molecule has 1 N–H and O–H groups in total. The standard InChI is InChI=1S/C14H19N3S/c1-14(11-15,17-9-7-16-8-10-17)12-3-5-13(18-2)6-4-12/h3-6,16H,7-10H2,1-2H3. The van der Waals surface area contributed by atoms with Gasteiger partial charge in [-0.15, -0.1) is 11.8 Å². The average molecular weight is 261 g/mol. The largest absolute Gasteiger partial charge is 0.314 e. The third-order valence-electron chi connectivity index (χ3n) is 3.62. The number of nitrogens with one attached hydrogen (secondary N) is 1. The van der Waals surface area contributed by atoms with Crippen LogP contribution < -0.4 is 5.32 Å². The lowest BCUT2D eigenvalue weighted by Gasteiger charge is -2.39. The maximum Gasteiger partial charge on any atom is 0.132 e. The van der Waals surface area contributed by atoms with Crippen molar-refractivity contribution in [3.63, 3.8) is 0 Å². The predicted octanol–water partition coefficient (Wildman–Crippen LogP) is 2.05. The molecule has 0 amide bonds. The number of rotatable bonds is 3. The molecule has 1 aromatic carbocycles. The second-order valence-corrected chi connectivity index (χ2v) is 5.53. The Bertz CT molecular complexity index is 431. The summed E-state index contributed by atoms with van der Waals surface area (Å²) in [6, 6.07) is 10.8. The SMILES string of the molecule is CSc1ccc(C(C)(C#N)N2CCNCC2)cc1. The van der Waals surface area contributed by atoms with Gasteiger partial charge >= 0.3 is 0 Å². The Hall–Kier alpha value is -1.02. The molecule has 1 unspecified atom stereocenters. The fraction of sp³-hybridized carbons (Fsp3) is 0.500. The molecule has 0 radical (unpaired) electrons. The Kier molecular flexibility index (Phi) is 4.28. The van der Waals surface area contributed by atoms with E-state index in [0.717, 1.165) is 31.7 Å². The number of piperazine rings is 1. The normalized spacial score (nSPS) is 20.1. The highest BCUT2D eigenvalue weighted by Crippen LogP contribution is 2.29. The minimum Gasteiger partial charge on any atom is -0.314 e. The van der Waals surface area contributed by atoms with Crippen LogP contribution >= 0.6 is 11.8 Å². The lowest BCUT2D eigenvalue weighted by Crippen LogP contribution is -2.52. The van der Waals surface area contributed by atoms with Gasteiger partial charge in [0.05, 0.1) is 6.07 Å². The fourth-order valence-corrected chi connectivity index (χ4v) is 2.75. The van der Waals surface area contributed by atoms with Gasteiger partial charge < -0.3 is 5.32 Å². The van der Waals surface area contributed by atoms with E-state index in [2.05, 4.69) is 46.8 Å². The van der Waals surface area contributed by atoms with Gasteiger partial charge in [-0.2, -0.15) is 5.26 Å². The summed E-state index contributed by atoms with van der Waals surface area (Å²) in [7, 11) is 0. The molecule has 1 fully saturated rings. The first-order valence-electron chi connectivity index (χ1n) is 6.22. The average Bonchev–Trinajstić information content (AvgIpc) is 2.47. The Labute approximate surface area is 113 Å². The highest BCUT2D eigenvalue weighted by atomic mass is 32.2. The number of nitrogens with zero attached hydrogens (tertiary/aromatic N) is 2. The van der Waals surface area contributed by atoms with Crippen molar-refractivity contribution in [1.29, 1.82) is 5.26 Å². The van der Waals surface area contributed by atoms with E-state index in [1.54, 1.807) is 11.8 Å². The van der Waals surface area contributed by atoms with Crippen LogP contribution in [0.4, 0.5) is 0 Å². The molecular weight excluding hydrogens is 242 g/mol. The van der Waals surface area contributed by atoms with Gasteiger partial charge in [0.2, 0.25) is 0 Å².